The molecule has 0 aliphatic carbocycles. The van der Waals surface area contributed by atoms with Crippen LogP contribution in [0, 0.1) is 0 Å². The SMILES string of the molecule is COCCCNc1nc(CN)cs1. The number of anilines is 1. The quantitative estimate of drug-likeness (QED) is 0.675. The summed E-state index contributed by atoms with van der Waals surface area (Å²) in [5, 5.41) is 6.12. The van der Waals surface area contributed by atoms with Crippen molar-refractivity contribution < 1.29 is 4.74 Å². The number of hydrogen-bond acceptors (Lipinski definition) is 5. The van der Waals surface area contributed by atoms with Crippen LogP contribution in [0.3, 0.4) is 0 Å². The number of nitrogens with two attached hydrogens (primary N) is 1. The van der Waals surface area contributed by atoms with E-state index in [1.165, 1.54) is 0 Å². The lowest BCUT2D eigenvalue weighted by Crippen LogP contribution is -2.04. The zero-order chi connectivity index (χ0) is 9.52. The first-order chi connectivity index (χ1) is 6.36. The van der Waals surface area contributed by atoms with Gasteiger partial charge in [-0.3, -0.25) is 0 Å². The minimum Gasteiger partial charge on any atom is -0.385 e. The fourth-order valence-corrected chi connectivity index (χ4v) is 1.65. The predicted octanol–water partition coefficient (Wildman–Crippen LogP) is 1.05. The normalized spacial score (nSPS) is 10.3. The average molecular weight is 201 g/mol. The first-order valence-corrected chi connectivity index (χ1v) is 5.12. The molecule has 3 N–H and O–H groups in total. The molecule has 0 aromatic carbocycles. The van der Waals surface area contributed by atoms with Crippen molar-refractivity contribution in [1.29, 1.82) is 0 Å². The van der Waals surface area contributed by atoms with E-state index in [1.54, 1.807) is 18.4 Å². The van der Waals surface area contributed by atoms with Crippen LogP contribution in [0.15, 0.2) is 5.38 Å². The van der Waals surface area contributed by atoms with Gasteiger partial charge in [-0.2, -0.15) is 0 Å². The highest BCUT2D eigenvalue weighted by Crippen LogP contribution is 2.14. The van der Waals surface area contributed by atoms with Gasteiger partial charge in [-0.15, -0.1) is 11.3 Å². The number of thiazole rings is 1. The number of methoxy groups -OCH3 is 1. The van der Waals surface area contributed by atoms with Gasteiger partial charge >= 0.3 is 0 Å². The number of nitrogens with one attached hydrogen (secondary N) is 1. The molecule has 0 amide bonds. The molecule has 0 spiro atoms. The van der Waals surface area contributed by atoms with Gasteiger partial charge < -0.3 is 15.8 Å². The Morgan fingerprint density at radius 3 is 3.15 bits per heavy atom. The molecule has 0 unspecified atom stereocenters. The first kappa shape index (κ1) is 10.4. The van der Waals surface area contributed by atoms with E-state index in [-0.39, 0.29) is 0 Å². The van der Waals surface area contributed by atoms with Crippen molar-refractivity contribution in [1.82, 2.24) is 4.98 Å². The van der Waals surface area contributed by atoms with Gasteiger partial charge in [-0.05, 0) is 6.42 Å². The maximum absolute atomic E-state index is 5.44. The monoisotopic (exact) mass is 201 g/mol. The molecule has 13 heavy (non-hydrogen) atoms. The Morgan fingerprint density at radius 1 is 1.69 bits per heavy atom. The molecule has 0 saturated carbocycles. The number of aromatic nitrogens is 1. The minimum atomic E-state index is 0.510. The van der Waals surface area contributed by atoms with Gasteiger partial charge in [0, 0.05) is 32.2 Å². The number of hydrogen-bond donors (Lipinski definition) is 2. The van der Waals surface area contributed by atoms with Crippen LogP contribution >= 0.6 is 11.3 Å². The van der Waals surface area contributed by atoms with Crippen molar-refractivity contribution in [3.8, 4) is 0 Å². The van der Waals surface area contributed by atoms with Crippen molar-refractivity contribution in [2.45, 2.75) is 13.0 Å². The third-order valence-corrected chi connectivity index (χ3v) is 2.41. The van der Waals surface area contributed by atoms with Gasteiger partial charge in [0.15, 0.2) is 5.13 Å². The summed E-state index contributed by atoms with van der Waals surface area (Å²) in [5.74, 6) is 0. The molecule has 74 valence electrons. The molecule has 1 aromatic heterocycles. The van der Waals surface area contributed by atoms with E-state index in [9.17, 15) is 0 Å². The molecule has 0 fully saturated rings. The number of ether oxygens (including phenoxy) is 1. The Bertz CT molecular complexity index is 239. The maximum Gasteiger partial charge on any atom is 0.182 e. The summed E-state index contributed by atoms with van der Waals surface area (Å²) >= 11 is 1.59. The minimum absolute atomic E-state index is 0.510. The second-order valence-corrected chi connectivity index (χ2v) is 3.48. The number of nitrogens with zero attached hydrogens (tertiary/aromatic N) is 1. The van der Waals surface area contributed by atoms with Crippen LogP contribution in [0.5, 0.6) is 0 Å². The summed E-state index contributed by atoms with van der Waals surface area (Å²) in [5.41, 5.74) is 6.38. The van der Waals surface area contributed by atoms with Crippen LogP contribution in [0.1, 0.15) is 12.1 Å². The third-order valence-electron chi connectivity index (χ3n) is 1.56. The molecule has 0 saturated heterocycles. The molecule has 4 nitrogen and oxygen atoms in total. The van der Waals surface area contributed by atoms with Crippen LogP contribution in [-0.4, -0.2) is 25.2 Å². The zero-order valence-electron chi connectivity index (χ0n) is 7.75. The molecule has 1 heterocycles. The standard InChI is InChI=1S/C8H15N3OS/c1-12-4-2-3-10-8-11-7(5-9)6-13-8/h6H,2-5,9H2,1H3,(H,10,11). The van der Waals surface area contributed by atoms with E-state index in [0.717, 1.165) is 30.4 Å². The van der Waals surface area contributed by atoms with Gasteiger partial charge in [0.2, 0.25) is 0 Å². The number of rotatable bonds is 6. The Morgan fingerprint density at radius 2 is 2.54 bits per heavy atom. The van der Waals surface area contributed by atoms with Crippen molar-refractivity contribution >= 4 is 16.5 Å². The largest absolute Gasteiger partial charge is 0.385 e. The van der Waals surface area contributed by atoms with Gasteiger partial charge in [0.05, 0.1) is 5.69 Å². The molecule has 0 aliphatic rings. The van der Waals surface area contributed by atoms with Crippen molar-refractivity contribution in [3.05, 3.63) is 11.1 Å². The molecular weight excluding hydrogens is 186 g/mol. The molecule has 0 atom stereocenters. The second-order valence-electron chi connectivity index (χ2n) is 2.62. The summed E-state index contributed by atoms with van der Waals surface area (Å²) in [7, 11) is 1.70. The van der Waals surface area contributed by atoms with Gasteiger partial charge in [-0.25, -0.2) is 4.98 Å². The molecule has 0 bridgehead atoms. The fraction of sp³-hybridized carbons (Fsp3) is 0.625. The van der Waals surface area contributed by atoms with Gasteiger partial charge in [-0.1, -0.05) is 0 Å². The lowest BCUT2D eigenvalue weighted by atomic mass is 10.4. The maximum atomic E-state index is 5.44. The van der Waals surface area contributed by atoms with Crippen molar-refractivity contribution in [3.63, 3.8) is 0 Å². The summed E-state index contributed by atoms with van der Waals surface area (Å²) < 4.78 is 4.93. The molecular formula is C8H15N3OS. The zero-order valence-corrected chi connectivity index (χ0v) is 8.56. The van der Waals surface area contributed by atoms with E-state index in [1.807, 2.05) is 5.38 Å². The van der Waals surface area contributed by atoms with Gasteiger partial charge in [0.25, 0.3) is 0 Å². The Balaban J connectivity index is 2.20. The second kappa shape index (κ2) is 5.90. The summed E-state index contributed by atoms with van der Waals surface area (Å²) in [6, 6.07) is 0. The molecule has 1 rings (SSSR count). The first-order valence-electron chi connectivity index (χ1n) is 4.24. The summed E-state index contributed by atoms with van der Waals surface area (Å²) in [6.45, 7) is 2.18. The highest BCUT2D eigenvalue weighted by atomic mass is 32.1. The summed E-state index contributed by atoms with van der Waals surface area (Å²) in [4.78, 5) is 4.27. The van der Waals surface area contributed by atoms with E-state index < -0.39 is 0 Å². The molecule has 5 heteroatoms. The highest BCUT2D eigenvalue weighted by Gasteiger charge is 1.98. The van der Waals surface area contributed by atoms with Crippen LogP contribution in [-0.2, 0) is 11.3 Å². The van der Waals surface area contributed by atoms with E-state index in [0.29, 0.717) is 6.54 Å². The van der Waals surface area contributed by atoms with Crippen LogP contribution < -0.4 is 11.1 Å². The fourth-order valence-electron chi connectivity index (χ4n) is 0.894. The van der Waals surface area contributed by atoms with E-state index in [2.05, 4.69) is 10.3 Å². The summed E-state index contributed by atoms with van der Waals surface area (Å²) in [6.07, 6.45) is 0.994. The van der Waals surface area contributed by atoms with E-state index >= 15 is 0 Å². The molecule has 0 aliphatic heterocycles. The Kier molecular flexibility index (Phi) is 4.74. The van der Waals surface area contributed by atoms with Crippen molar-refractivity contribution in [2.24, 2.45) is 5.73 Å². The Hall–Kier alpha value is -0.650. The Labute approximate surface area is 82.1 Å². The topological polar surface area (TPSA) is 60.2 Å². The van der Waals surface area contributed by atoms with E-state index in [4.69, 9.17) is 10.5 Å². The van der Waals surface area contributed by atoms with Crippen LogP contribution in [0.2, 0.25) is 0 Å². The lowest BCUT2D eigenvalue weighted by molar-refractivity contribution is 0.198. The van der Waals surface area contributed by atoms with Crippen LogP contribution in [0.25, 0.3) is 0 Å². The molecule has 0 radical (unpaired) electrons. The predicted molar refractivity (Wildman–Crippen MR) is 55.0 cm³/mol. The molecule has 1 aromatic rings. The van der Waals surface area contributed by atoms with Crippen LogP contribution in [0.4, 0.5) is 5.13 Å². The van der Waals surface area contributed by atoms with Gasteiger partial charge in [0.1, 0.15) is 0 Å². The third kappa shape index (κ3) is 3.71. The van der Waals surface area contributed by atoms with Crippen molar-refractivity contribution in [2.75, 3.05) is 25.6 Å². The smallest absolute Gasteiger partial charge is 0.182 e. The highest BCUT2D eigenvalue weighted by molar-refractivity contribution is 7.13. The average Bonchev–Trinajstić information content (AvgIpc) is 2.60. The lowest BCUT2D eigenvalue weighted by Gasteiger charge is -2.00.